The summed E-state index contributed by atoms with van der Waals surface area (Å²) in [5, 5.41) is 3.65. The molecule has 2 N–H and O–H groups in total. The Balaban J connectivity index is 1.58. The van der Waals surface area contributed by atoms with E-state index in [4.69, 9.17) is 16.0 Å². The van der Waals surface area contributed by atoms with E-state index in [9.17, 15) is 9.59 Å². The number of halogens is 1. The summed E-state index contributed by atoms with van der Waals surface area (Å²) in [5.74, 6) is 0.592. The minimum Gasteiger partial charge on any atom is -0.463 e. The number of hydrogen-bond acceptors (Lipinski definition) is 3. The number of carbonyl (C=O) groups is 2. The zero-order chi connectivity index (χ0) is 20.1. The van der Waals surface area contributed by atoms with Gasteiger partial charge >= 0.3 is 0 Å². The Morgan fingerprint density at radius 2 is 2.04 bits per heavy atom. The maximum absolute atomic E-state index is 12.7. The summed E-state index contributed by atoms with van der Waals surface area (Å²) in [7, 11) is 4.07. The zero-order valence-corrected chi connectivity index (χ0v) is 17.0. The van der Waals surface area contributed by atoms with Crippen molar-refractivity contribution in [3.63, 3.8) is 0 Å². The Labute approximate surface area is 170 Å². The first-order chi connectivity index (χ1) is 13.5. The van der Waals surface area contributed by atoms with E-state index in [0.717, 1.165) is 18.6 Å². The number of hydrogen-bond donors (Lipinski definition) is 2. The molecule has 150 valence electrons. The lowest BCUT2D eigenvalue weighted by Gasteiger charge is -2.32. The molecule has 7 heteroatoms. The van der Waals surface area contributed by atoms with Crippen molar-refractivity contribution in [2.45, 2.75) is 18.9 Å². The van der Waals surface area contributed by atoms with Gasteiger partial charge in [0.05, 0.1) is 32.8 Å². The molecule has 1 aliphatic heterocycles. The lowest BCUT2D eigenvalue weighted by atomic mass is 9.96. The van der Waals surface area contributed by atoms with Crippen molar-refractivity contribution in [1.29, 1.82) is 0 Å². The van der Waals surface area contributed by atoms with Gasteiger partial charge in [0.1, 0.15) is 0 Å². The number of likely N-dealkylation sites (N-methyl/N-ethyl adjacent to an activating group) is 1. The molecule has 0 aliphatic carbocycles. The molecule has 1 aromatic heterocycles. The van der Waals surface area contributed by atoms with E-state index in [1.165, 1.54) is 4.90 Å². The molecule has 2 aromatic rings. The summed E-state index contributed by atoms with van der Waals surface area (Å²) in [4.78, 5) is 28.4. The zero-order valence-electron chi connectivity index (χ0n) is 16.3. The molecule has 3 rings (SSSR count). The highest BCUT2D eigenvalue weighted by atomic mass is 35.5. The van der Waals surface area contributed by atoms with Crippen molar-refractivity contribution in [2.75, 3.05) is 33.7 Å². The molecule has 1 aromatic carbocycles. The maximum Gasteiger partial charge on any atom is 0.253 e. The van der Waals surface area contributed by atoms with Gasteiger partial charge in [-0.05, 0) is 49.2 Å². The lowest BCUT2D eigenvalue weighted by Crippen LogP contribution is -3.07. The SMILES string of the molecule is C[NH+](C)[C@@H](CNC(=O)[C@H]1CCCN(C(=O)c2ccc(Cl)cc2)C1)c1ccco1. The third kappa shape index (κ3) is 4.94. The second-order valence-corrected chi connectivity index (χ2v) is 7.92. The molecule has 1 fully saturated rings. The van der Waals surface area contributed by atoms with Crippen LogP contribution in [0.4, 0.5) is 0 Å². The van der Waals surface area contributed by atoms with Crippen LogP contribution in [-0.4, -0.2) is 50.4 Å². The fourth-order valence-electron chi connectivity index (χ4n) is 3.58. The van der Waals surface area contributed by atoms with E-state index in [1.54, 1.807) is 35.4 Å². The largest absolute Gasteiger partial charge is 0.463 e. The topological polar surface area (TPSA) is 67.0 Å². The summed E-state index contributed by atoms with van der Waals surface area (Å²) in [6.07, 6.45) is 3.25. The minimum absolute atomic E-state index is 0.00795. The third-order valence-corrected chi connectivity index (χ3v) is 5.49. The Hall–Kier alpha value is -2.31. The van der Waals surface area contributed by atoms with Gasteiger partial charge in [-0.25, -0.2) is 0 Å². The van der Waals surface area contributed by atoms with Crippen molar-refractivity contribution in [3.05, 3.63) is 59.0 Å². The molecule has 0 saturated carbocycles. The third-order valence-electron chi connectivity index (χ3n) is 5.23. The second-order valence-electron chi connectivity index (χ2n) is 7.49. The monoisotopic (exact) mass is 404 g/mol. The summed E-state index contributed by atoms with van der Waals surface area (Å²) in [5.41, 5.74) is 0.597. The average molecular weight is 405 g/mol. The average Bonchev–Trinajstić information content (AvgIpc) is 3.22. The molecular weight excluding hydrogens is 378 g/mol. The summed E-state index contributed by atoms with van der Waals surface area (Å²) in [6.45, 7) is 1.60. The molecule has 0 radical (unpaired) electrons. The first kappa shape index (κ1) is 20.4. The van der Waals surface area contributed by atoms with E-state index in [2.05, 4.69) is 5.32 Å². The Morgan fingerprint density at radius 3 is 2.68 bits per heavy atom. The molecule has 0 unspecified atom stereocenters. The van der Waals surface area contributed by atoms with E-state index in [1.807, 2.05) is 26.2 Å². The van der Waals surface area contributed by atoms with Gasteiger partial charge in [0.15, 0.2) is 11.8 Å². The van der Waals surface area contributed by atoms with Crippen LogP contribution in [0.2, 0.25) is 5.02 Å². The Morgan fingerprint density at radius 1 is 1.29 bits per heavy atom. The standard InChI is InChI=1S/C21H26ClN3O3/c1-24(2)18(19-6-4-12-28-19)13-23-20(26)16-5-3-11-25(14-16)21(27)15-7-9-17(22)10-8-15/h4,6-10,12,16,18H,3,5,11,13-14H2,1-2H3,(H,23,26)/p+1/t16-,18-/m0/s1. The van der Waals surface area contributed by atoms with Crippen LogP contribution in [0.15, 0.2) is 47.1 Å². The number of likely N-dealkylation sites (tertiary alicyclic amines) is 1. The van der Waals surface area contributed by atoms with Gasteiger partial charge in [0.25, 0.3) is 5.91 Å². The highest BCUT2D eigenvalue weighted by molar-refractivity contribution is 6.30. The van der Waals surface area contributed by atoms with Gasteiger partial charge in [0, 0.05) is 23.7 Å². The summed E-state index contributed by atoms with van der Waals surface area (Å²) >= 11 is 5.90. The lowest BCUT2D eigenvalue weighted by molar-refractivity contribution is -0.891. The smallest absolute Gasteiger partial charge is 0.253 e. The van der Waals surface area contributed by atoms with Crippen molar-refractivity contribution in [1.82, 2.24) is 10.2 Å². The predicted molar refractivity (Wildman–Crippen MR) is 107 cm³/mol. The fraction of sp³-hybridized carbons (Fsp3) is 0.429. The van der Waals surface area contributed by atoms with Crippen LogP contribution < -0.4 is 10.2 Å². The summed E-state index contributed by atoms with van der Waals surface area (Å²) in [6, 6.07) is 10.7. The Kier molecular flexibility index (Phi) is 6.75. The summed E-state index contributed by atoms with van der Waals surface area (Å²) < 4.78 is 5.51. The second kappa shape index (κ2) is 9.26. The Bertz CT molecular complexity index is 790. The molecule has 1 aliphatic rings. The van der Waals surface area contributed by atoms with Crippen LogP contribution in [0, 0.1) is 5.92 Å². The van der Waals surface area contributed by atoms with Gasteiger partial charge < -0.3 is 19.5 Å². The quantitative estimate of drug-likeness (QED) is 0.771. The number of quaternary nitrogens is 1. The van der Waals surface area contributed by atoms with E-state index in [0.29, 0.717) is 30.2 Å². The molecule has 0 spiro atoms. The number of nitrogens with one attached hydrogen (secondary N) is 2. The van der Waals surface area contributed by atoms with Crippen LogP contribution in [-0.2, 0) is 4.79 Å². The number of piperidine rings is 1. The van der Waals surface area contributed by atoms with Crippen molar-refractivity contribution in [2.24, 2.45) is 5.92 Å². The van der Waals surface area contributed by atoms with E-state index < -0.39 is 0 Å². The van der Waals surface area contributed by atoms with Crippen LogP contribution in [0.5, 0.6) is 0 Å². The van der Waals surface area contributed by atoms with Crippen LogP contribution in [0.3, 0.4) is 0 Å². The number of amides is 2. The normalized spacial score (nSPS) is 18.1. The van der Waals surface area contributed by atoms with Gasteiger partial charge in [-0.3, -0.25) is 9.59 Å². The first-order valence-corrected chi connectivity index (χ1v) is 9.99. The molecule has 6 nitrogen and oxygen atoms in total. The number of furan rings is 1. The number of nitrogens with zero attached hydrogens (tertiary/aromatic N) is 1. The van der Waals surface area contributed by atoms with Gasteiger partial charge in [0.2, 0.25) is 5.91 Å². The predicted octanol–water partition coefficient (Wildman–Crippen LogP) is 1.79. The van der Waals surface area contributed by atoms with Crippen molar-refractivity contribution >= 4 is 23.4 Å². The molecule has 28 heavy (non-hydrogen) atoms. The fourth-order valence-corrected chi connectivity index (χ4v) is 3.70. The molecule has 2 amide bonds. The molecule has 2 heterocycles. The van der Waals surface area contributed by atoms with Crippen LogP contribution >= 0.6 is 11.6 Å². The molecule has 1 saturated heterocycles. The van der Waals surface area contributed by atoms with Gasteiger partial charge in [-0.1, -0.05) is 11.6 Å². The van der Waals surface area contributed by atoms with Gasteiger partial charge in [-0.15, -0.1) is 0 Å². The maximum atomic E-state index is 12.7. The van der Waals surface area contributed by atoms with Crippen molar-refractivity contribution < 1.29 is 18.9 Å². The number of benzene rings is 1. The van der Waals surface area contributed by atoms with Crippen LogP contribution in [0.1, 0.15) is 35.0 Å². The molecule has 2 atom stereocenters. The van der Waals surface area contributed by atoms with Gasteiger partial charge in [-0.2, -0.15) is 0 Å². The first-order valence-electron chi connectivity index (χ1n) is 9.61. The molecular formula is C21H27ClN3O3+. The highest BCUT2D eigenvalue weighted by Crippen LogP contribution is 2.20. The van der Waals surface area contributed by atoms with E-state index in [-0.39, 0.29) is 23.8 Å². The number of carbonyl (C=O) groups excluding carboxylic acids is 2. The minimum atomic E-state index is -0.195. The highest BCUT2D eigenvalue weighted by Gasteiger charge is 2.30. The van der Waals surface area contributed by atoms with Crippen molar-refractivity contribution in [3.8, 4) is 0 Å². The number of rotatable bonds is 6. The van der Waals surface area contributed by atoms with E-state index >= 15 is 0 Å². The molecule has 0 bridgehead atoms. The van der Waals surface area contributed by atoms with Crippen LogP contribution in [0.25, 0.3) is 0 Å².